The molecule has 0 unspecified atom stereocenters. The van der Waals surface area contributed by atoms with Crippen molar-refractivity contribution in [2.75, 3.05) is 11.4 Å². The van der Waals surface area contributed by atoms with E-state index in [0.717, 1.165) is 23.3 Å². The Bertz CT molecular complexity index is 1190. The third kappa shape index (κ3) is 4.03. The zero-order valence-corrected chi connectivity index (χ0v) is 16.6. The molecule has 0 aliphatic carbocycles. The molecule has 4 nitrogen and oxygen atoms in total. The molecule has 0 amide bonds. The van der Waals surface area contributed by atoms with Crippen LogP contribution in [0.15, 0.2) is 72.4 Å². The van der Waals surface area contributed by atoms with Crippen molar-refractivity contribution in [3.05, 3.63) is 94.7 Å². The van der Waals surface area contributed by atoms with Gasteiger partial charge in [0.2, 0.25) is 0 Å². The number of hydrogen-bond acceptors (Lipinski definition) is 4. The Labute approximate surface area is 177 Å². The number of anilines is 2. The van der Waals surface area contributed by atoms with E-state index >= 15 is 0 Å². The highest BCUT2D eigenvalue weighted by molar-refractivity contribution is 6.05. The van der Waals surface area contributed by atoms with Gasteiger partial charge in [0.1, 0.15) is 11.6 Å². The van der Waals surface area contributed by atoms with Crippen LogP contribution in [-0.2, 0) is 17.4 Å². The number of benzene rings is 2. The van der Waals surface area contributed by atoms with Crippen molar-refractivity contribution in [1.29, 1.82) is 0 Å². The van der Waals surface area contributed by atoms with Crippen molar-refractivity contribution in [2.24, 2.45) is 0 Å². The summed E-state index contributed by atoms with van der Waals surface area (Å²) in [4.78, 5) is 18.9. The molecule has 4 rings (SSSR count). The summed E-state index contributed by atoms with van der Waals surface area (Å²) in [5.41, 5.74) is 1.66. The van der Waals surface area contributed by atoms with E-state index in [9.17, 15) is 23.1 Å². The Hall–Kier alpha value is -3.61. The highest BCUT2D eigenvalue weighted by atomic mass is 19.4. The van der Waals surface area contributed by atoms with Gasteiger partial charge < -0.3 is 10.0 Å². The minimum absolute atomic E-state index is 0.0814. The summed E-state index contributed by atoms with van der Waals surface area (Å²) >= 11 is 0. The number of aryl methyl sites for hydroxylation is 1. The van der Waals surface area contributed by atoms with Crippen LogP contribution in [0, 0.1) is 6.92 Å². The highest BCUT2D eigenvalue weighted by Gasteiger charge is 2.33. The second kappa shape index (κ2) is 7.91. The Kier molecular flexibility index (Phi) is 5.27. The first-order chi connectivity index (χ1) is 14.8. The first kappa shape index (κ1) is 20.7. The van der Waals surface area contributed by atoms with E-state index in [1.165, 1.54) is 23.2 Å². The van der Waals surface area contributed by atoms with Gasteiger partial charge in [-0.2, -0.15) is 13.2 Å². The maximum absolute atomic E-state index is 13.2. The van der Waals surface area contributed by atoms with Crippen molar-refractivity contribution < 1.29 is 23.1 Å². The predicted molar refractivity (Wildman–Crippen MR) is 112 cm³/mol. The van der Waals surface area contributed by atoms with Gasteiger partial charge in [-0.15, -0.1) is 0 Å². The van der Waals surface area contributed by atoms with E-state index in [1.54, 1.807) is 12.1 Å². The number of alkyl halides is 3. The number of carbonyl (C=O) groups is 1. The number of hydrogen-bond donors (Lipinski definition) is 1. The molecule has 0 spiro atoms. The van der Waals surface area contributed by atoms with E-state index in [2.05, 4.69) is 4.98 Å². The summed E-state index contributed by atoms with van der Waals surface area (Å²) in [6.07, 6.45) is -2.93. The predicted octanol–water partition coefficient (Wildman–Crippen LogP) is 5.64. The maximum atomic E-state index is 13.2. The fourth-order valence-electron chi connectivity index (χ4n) is 3.64. The summed E-state index contributed by atoms with van der Waals surface area (Å²) < 4.78 is 39.7. The molecule has 0 saturated heterocycles. The fourth-order valence-corrected chi connectivity index (χ4v) is 3.64. The number of ketones is 1. The summed E-state index contributed by atoms with van der Waals surface area (Å²) in [5.74, 6) is -0.185. The number of aliphatic hydroxyl groups excluding tert-OH is 1. The largest absolute Gasteiger partial charge is 0.507 e. The Morgan fingerprint density at radius 3 is 2.61 bits per heavy atom. The maximum Gasteiger partial charge on any atom is 0.416 e. The standard InChI is InChI=1S/C24H19F3N2O2/c1-15-6-2-3-7-16(15)12-21(30)20-14-29(23-19(22(20)31)10-5-11-28-23)18-9-4-8-17(13-18)24(25,26)27/h2-11,13,31H,12,14H2,1H3. The van der Waals surface area contributed by atoms with E-state index in [4.69, 9.17) is 0 Å². The first-order valence-electron chi connectivity index (χ1n) is 9.65. The van der Waals surface area contributed by atoms with Crippen LogP contribution in [-0.4, -0.2) is 22.4 Å². The quantitative estimate of drug-likeness (QED) is 0.589. The van der Waals surface area contributed by atoms with Gasteiger partial charge in [-0.05, 0) is 48.4 Å². The van der Waals surface area contributed by atoms with Crippen molar-refractivity contribution in [3.63, 3.8) is 0 Å². The van der Waals surface area contributed by atoms with Gasteiger partial charge in [0, 0.05) is 18.3 Å². The average molecular weight is 424 g/mol. The zero-order chi connectivity index (χ0) is 22.2. The zero-order valence-electron chi connectivity index (χ0n) is 16.6. The molecular formula is C24H19F3N2O2. The molecule has 1 N–H and O–H groups in total. The van der Waals surface area contributed by atoms with E-state index < -0.39 is 11.7 Å². The first-order valence-corrected chi connectivity index (χ1v) is 9.65. The monoisotopic (exact) mass is 424 g/mol. The normalized spacial score (nSPS) is 13.9. The fraction of sp³-hybridized carbons (Fsp3) is 0.167. The number of halogens is 3. The molecular weight excluding hydrogens is 405 g/mol. The number of Topliss-reactive ketones (excluding diaryl/α,β-unsaturated/α-hetero) is 1. The van der Waals surface area contributed by atoms with Crippen LogP contribution < -0.4 is 4.90 Å². The summed E-state index contributed by atoms with van der Waals surface area (Å²) in [7, 11) is 0. The molecule has 0 saturated carbocycles. The van der Waals surface area contributed by atoms with Crippen LogP contribution in [0.1, 0.15) is 22.3 Å². The molecule has 3 aromatic rings. The Balaban J connectivity index is 1.75. The van der Waals surface area contributed by atoms with Crippen LogP contribution in [0.3, 0.4) is 0 Å². The summed E-state index contributed by atoms with van der Waals surface area (Å²) in [5, 5.41) is 10.8. The third-order valence-electron chi connectivity index (χ3n) is 5.33. The molecule has 1 aliphatic rings. The SMILES string of the molecule is Cc1ccccc1CC(=O)C1=C(O)c2cccnc2N(c2cccc(C(F)(F)F)c2)C1. The van der Waals surface area contributed by atoms with Crippen LogP contribution in [0.2, 0.25) is 0 Å². The Morgan fingerprint density at radius 2 is 1.87 bits per heavy atom. The van der Waals surface area contributed by atoms with E-state index in [0.29, 0.717) is 11.4 Å². The molecule has 2 aromatic carbocycles. The van der Waals surface area contributed by atoms with Gasteiger partial charge in [0.15, 0.2) is 5.78 Å². The van der Waals surface area contributed by atoms with E-state index in [-0.39, 0.29) is 35.8 Å². The van der Waals surface area contributed by atoms with Gasteiger partial charge in [0.05, 0.1) is 23.2 Å². The van der Waals surface area contributed by atoms with E-state index in [1.807, 2.05) is 31.2 Å². The van der Waals surface area contributed by atoms with Crippen molar-refractivity contribution in [3.8, 4) is 0 Å². The third-order valence-corrected chi connectivity index (χ3v) is 5.33. The van der Waals surface area contributed by atoms with Gasteiger partial charge in [-0.1, -0.05) is 30.3 Å². The number of nitrogens with zero attached hydrogens (tertiary/aromatic N) is 2. The van der Waals surface area contributed by atoms with Crippen LogP contribution in [0.5, 0.6) is 0 Å². The van der Waals surface area contributed by atoms with Crippen molar-refractivity contribution >= 4 is 23.0 Å². The van der Waals surface area contributed by atoms with Gasteiger partial charge in [0.25, 0.3) is 0 Å². The lowest BCUT2D eigenvalue weighted by Gasteiger charge is -2.31. The summed E-state index contributed by atoms with van der Waals surface area (Å²) in [6.45, 7) is 1.81. The molecule has 0 atom stereocenters. The Morgan fingerprint density at radius 1 is 1.10 bits per heavy atom. The van der Waals surface area contributed by atoms with Crippen LogP contribution >= 0.6 is 0 Å². The van der Waals surface area contributed by atoms with Gasteiger partial charge >= 0.3 is 6.18 Å². The smallest absolute Gasteiger partial charge is 0.416 e. The molecule has 158 valence electrons. The van der Waals surface area contributed by atoms with Gasteiger partial charge in [-0.3, -0.25) is 4.79 Å². The number of aromatic nitrogens is 1. The minimum Gasteiger partial charge on any atom is -0.507 e. The van der Waals surface area contributed by atoms with Crippen LogP contribution in [0.4, 0.5) is 24.7 Å². The number of pyridine rings is 1. The molecule has 1 aromatic heterocycles. The molecule has 31 heavy (non-hydrogen) atoms. The molecule has 0 bridgehead atoms. The molecule has 1 aliphatic heterocycles. The van der Waals surface area contributed by atoms with Crippen molar-refractivity contribution in [1.82, 2.24) is 4.98 Å². The number of carbonyl (C=O) groups excluding carboxylic acids is 1. The van der Waals surface area contributed by atoms with Crippen molar-refractivity contribution in [2.45, 2.75) is 19.5 Å². The lowest BCUT2D eigenvalue weighted by Crippen LogP contribution is -2.30. The molecule has 0 fully saturated rings. The lowest BCUT2D eigenvalue weighted by molar-refractivity contribution is -0.137. The molecule has 0 radical (unpaired) electrons. The second-order valence-electron chi connectivity index (χ2n) is 7.36. The van der Waals surface area contributed by atoms with Gasteiger partial charge in [-0.25, -0.2) is 4.98 Å². The molecule has 7 heteroatoms. The number of aliphatic hydroxyl groups is 1. The average Bonchev–Trinajstić information content (AvgIpc) is 2.75. The summed E-state index contributed by atoms with van der Waals surface area (Å²) in [6, 6.07) is 15.5. The number of fused-ring (bicyclic) bond motifs is 1. The second-order valence-corrected chi connectivity index (χ2v) is 7.36. The number of rotatable bonds is 4. The highest BCUT2D eigenvalue weighted by Crippen LogP contribution is 2.39. The lowest BCUT2D eigenvalue weighted by atomic mass is 9.94. The topological polar surface area (TPSA) is 53.4 Å². The van der Waals surface area contributed by atoms with Crippen LogP contribution in [0.25, 0.3) is 5.76 Å². The minimum atomic E-state index is -4.50. The molecule has 2 heterocycles.